The minimum absolute atomic E-state index is 0.00614. The molecule has 1 saturated heterocycles. The first-order chi connectivity index (χ1) is 12.4. The SMILES string of the molecule is O=C(O)c1ccc(CNC(=O)[C@H]2CCN(c3cc(Cl)ccc3Cl)C2=O)o1. The van der Waals surface area contributed by atoms with Gasteiger partial charge in [-0.05, 0) is 36.8 Å². The minimum Gasteiger partial charge on any atom is -0.475 e. The maximum absolute atomic E-state index is 12.6. The number of benzene rings is 1. The van der Waals surface area contributed by atoms with Crippen molar-refractivity contribution in [1.82, 2.24) is 5.32 Å². The zero-order valence-electron chi connectivity index (χ0n) is 13.4. The van der Waals surface area contributed by atoms with Crippen molar-refractivity contribution < 1.29 is 23.9 Å². The molecule has 1 aromatic carbocycles. The normalized spacial score (nSPS) is 16.8. The average Bonchev–Trinajstić information content (AvgIpc) is 3.22. The third kappa shape index (κ3) is 3.68. The Kier molecular flexibility index (Phi) is 5.20. The van der Waals surface area contributed by atoms with Crippen molar-refractivity contribution >= 4 is 46.7 Å². The summed E-state index contributed by atoms with van der Waals surface area (Å²) in [4.78, 5) is 37.1. The van der Waals surface area contributed by atoms with Crippen molar-refractivity contribution in [3.8, 4) is 0 Å². The van der Waals surface area contributed by atoms with Crippen LogP contribution < -0.4 is 10.2 Å². The predicted molar refractivity (Wildman–Crippen MR) is 94.4 cm³/mol. The molecule has 7 nitrogen and oxygen atoms in total. The monoisotopic (exact) mass is 396 g/mol. The summed E-state index contributed by atoms with van der Waals surface area (Å²) < 4.78 is 5.06. The summed E-state index contributed by atoms with van der Waals surface area (Å²) in [5.41, 5.74) is 0.469. The largest absolute Gasteiger partial charge is 0.475 e. The molecule has 0 bridgehead atoms. The van der Waals surface area contributed by atoms with Crippen LogP contribution >= 0.6 is 23.2 Å². The van der Waals surface area contributed by atoms with E-state index in [4.69, 9.17) is 32.7 Å². The van der Waals surface area contributed by atoms with Crippen LogP contribution in [0.3, 0.4) is 0 Å². The van der Waals surface area contributed by atoms with Gasteiger partial charge in [-0.2, -0.15) is 0 Å². The number of carboxylic acid groups (broad SMARTS) is 1. The molecule has 9 heteroatoms. The second-order valence-electron chi connectivity index (χ2n) is 5.72. The topological polar surface area (TPSA) is 99.9 Å². The molecule has 1 aliphatic rings. The van der Waals surface area contributed by atoms with E-state index >= 15 is 0 Å². The van der Waals surface area contributed by atoms with Crippen LogP contribution in [0.5, 0.6) is 0 Å². The first-order valence-corrected chi connectivity index (χ1v) is 8.48. The van der Waals surface area contributed by atoms with Crippen molar-refractivity contribution in [3.05, 3.63) is 51.9 Å². The van der Waals surface area contributed by atoms with Crippen molar-refractivity contribution in [2.45, 2.75) is 13.0 Å². The molecule has 0 saturated carbocycles. The second kappa shape index (κ2) is 7.39. The number of nitrogens with zero attached hydrogens (tertiary/aromatic N) is 1. The number of anilines is 1. The Morgan fingerprint density at radius 1 is 1.27 bits per heavy atom. The summed E-state index contributed by atoms with van der Waals surface area (Å²) in [7, 11) is 0. The van der Waals surface area contributed by atoms with Crippen molar-refractivity contribution in [1.29, 1.82) is 0 Å². The van der Waals surface area contributed by atoms with Crippen LogP contribution in [0.2, 0.25) is 10.0 Å². The number of aromatic carboxylic acids is 1. The maximum atomic E-state index is 12.6. The zero-order valence-corrected chi connectivity index (χ0v) is 14.9. The smallest absolute Gasteiger partial charge is 0.371 e. The third-order valence-electron chi connectivity index (χ3n) is 4.03. The first kappa shape index (κ1) is 18.3. The van der Waals surface area contributed by atoms with Gasteiger partial charge in [-0.15, -0.1) is 0 Å². The summed E-state index contributed by atoms with van der Waals surface area (Å²) in [6.45, 7) is 0.342. The fourth-order valence-electron chi connectivity index (χ4n) is 2.74. The van der Waals surface area contributed by atoms with E-state index in [9.17, 15) is 14.4 Å². The number of nitrogens with one attached hydrogen (secondary N) is 1. The van der Waals surface area contributed by atoms with E-state index < -0.39 is 17.8 Å². The van der Waals surface area contributed by atoms with Crippen LogP contribution in [0.1, 0.15) is 22.7 Å². The highest BCUT2D eigenvalue weighted by Gasteiger charge is 2.38. The molecule has 1 aromatic heterocycles. The Labute approximate surface area is 158 Å². The van der Waals surface area contributed by atoms with Gasteiger partial charge in [0.2, 0.25) is 17.6 Å². The Bertz CT molecular complexity index is 880. The Morgan fingerprint density at radius 2 is 2.04 bits per heavy atom. The summed E-state index contributed by atoms with van der Waals surface area (Å²) >= 11 is 12.1. The van der Waals surface area contributed by atoms with Gasteiger partial charge in [-0.1, -0.05) is 23.2 Å². The molecule has 1 atom stereocenters. The van der Waals surface area contributed by atoms with Crippen molar-refractivity contribution in [2.75, 3.05) is 11.4 Å². The summed E-state index contributed by atoms with van der Waals surface area (Å²) in [5.74, 6) is -2.79. The fourth-order valence-corrected chi connectivity index (χ4v) is 3.13. The van der Waals surface area contributed by atoms with E-state index in [1.165, 1.54) is 17.0 Å². The van der Waals surface area contributed by atoms with Crippen LogP contribution in [0, 0.1) is 5.92 Å². The van der Waals surface area contributed by atoms with Gasteiger partial charge in [0.25, 0.3) is 0 Å². The second-order valence-corrected chi connectivity index (χ2v) is 6.56. The van der Waals surface area contributed by atoms with Gasteiger partial charge >= 0.3 is 5.97 Å². The molecule has 3 rings (SSSR count). The van der Waals surface area contributed by atoms with Gasteiger partial charge in [0.15, 0.2) is 0 Å². The van der Waals surface area contributed by atoms with E-state index in [1.54, 1.807) is 18.2 Å². The number of carbonyl (C=O) groups excluding carboxylic acids is 2. The number of carbonyl (C=O) groups is 3. The molecule has 1 fully saturated rings. The van der Waals surface area contributed by atoms with Crippen LogP contribution in [0.25, 0.3) is 0 Å². The molecule has 0 unspecified atom stereocenters. The van der Waals surface area contributed by atoms with E-state index in [1.807, 2.05) is 0 Å². The standard InChI is InChI=1S/C17H14Cl2N2O5/c18-9-1-3-12(19)13(7-9)21-6-5-11(16(21)23)15(22)20-8-10-2-4-14(26-10)17(24)25/h1-4,7,11H,5-6,8H2,(H,20,22)(H,24,25)/t11-/m1/s1. The van der Waals surface area contributed by atoms with Crippen LogP contribution in [-0.4, -0.2) is 29.4 Å². The summed E-state index contributed by atoms with van der Waals surface area (Å²) in [6.07, 6.45) is 0.339. The number of halogens is 2. The first-order valence-electron chi connectivity index (χ1n) is 7.73. The Balaban J connectivity index is 1.64. The molecule has 0 spiro atoms. The molecule has 2 amide bonds. The number of carboxylic acids is 1. The molecule has 1 aliphatic heterocycles. The number of hydrogen-bond acceptors (Lipinski definition) is 4. The van der Waals surface area contributed by atoms with Gasteiger partial charge in [0.05, 0.1) is 17.3 Å². The lowest BCUT2D eigenvalue weighted by Gasteiger charge is -2.18. The quantitative estimate of drug-likeness (QED) is 0.756. The lowest BCUT2D eigenvalue weighted by Crippen LogP contribution is -2.36. The third-order valence-corrected chi connectivity index (χ3v) is 4.58. The van der Waals surface area contributed by atoms with E-state index in [2.05, 4.69) is 5.32 Å². The number of amides is 2. The fraction of sp³-hybridized carbons (Fsp3) is 0.235. The average molecular weight is 397 g/mol. The number of hydrogen-bond donors (Lipinski definition) is 2. The summed E-state index contributed by atoms with van der Waals surface area (Å²) in [5, 5.41) is 12.2. The van der Waals surface area contributed by atoms with Crippen LogP contribution in [-0.2, 0) is 16.1 Å². The zero-order chi connectivity index (χ0) is 18.8. The number of furan rings is 1. The van der Waals surface area contributed by atoms with Gasteiger partial charge in [-0.25, -0.2) is 4.79 Å². The molecule has 2 aromatic rings. The molecule has 26 heavy (non-hydrogen) atoms. The van der Waals surface area contributed by atoms with Crippen molar-refractivity contribution in [3.63, 3.8) is 0 Å². The van der Waals surface area contributed by atoms with Gasteiger partial charge < -0.3 is 19.7 Å². The predicted octanol–water partition coefficient (Wildman–Crippen LogP) is 2.95. The van der Waals surface area contributed by atoms with Gasteiger partial charge in [0.1, 0.15) is 11.7 Å². The van der Waals surface area contributed by atoms with Crippen molar-refractivity contribution in [2.24, 2.45) is 5.92 Å². The highest BCUT2D eigenvalue weighted by atomic mass is 35.5. The summed E-state index contributed by atoms with van der Waals surface area (Å²) in [6, 6.07) is 7.55. The molecular formula is C17H14Cl2N2O5. The lowest BCUT2D eigenvalue weighted by molar-refractivity contribution is -0.132. The van der Waals surface area contributed by atoms with E-state index in [-0.39, 0.29) is 24.0 Å². The van der Waals surface area contributed by atoms with Gasteiger partial charge in [-0.3, -0.25) is 9.59 Å². The molecule has 2 heterocycles. The Morgan fingerprint density at radius 3 is 2.73 bits per heavy atom. The minimum atomic E-state index is -1.19. The highest BCUT2D eigenvalue weighted by molar-refractivity contribution is 6.36. The number of rotatable bonds is 5. The lowest BCUT2D eigenvalue weighted by atomic mass is 10.1. The molecular weight excluding hydrogens is 383 g/mol. The molecule has 0 aliphatic carbocycles. The molecule has 136 valence electrons. The Hall–Kier alpha value is -2.51. The highest BCUT2D eigenvalue weighted by Crippen LogP contribution is 2.33. The van der Waals surface area contributed by atoms with Crippen LogP contribution in [0.4, 0.5) is 5.69 Å². The molecule has 2 N–H and O–H groups in total. The molecule has 0 radical (unpaired) electrons. The van der Waals surface area contributed by atoms with Gasteiger partial charge in [0, 0.05) is 11.6 Å². The van der Waals surface area contributed by atoms with E-state index in [0.29, 0.717) is 28.7 Å². The van der Waals surface area contributed by atoms with Crippen LogP contribution in [0.15, 0.2) is 34.7 Å². The maximum Gasteiger partial charge on any atom is 0.371 e. The van der Waals surface area contributed by atoms with E-state index in [0.717, 1.165) is 0 Å².